The molecule has 2 rings (SSSR count). The van der Waals surface area contributed by atoms with Gasteiger partial charge in [0, 0.05) is 3.92 Å². The van der Waals surface area contributed by atoms with Crippen LogP contribution in [0.2, 0.25) is 0 Å². The summed E-state index contributed by atoms with van der Waals surface area (Å²) < 4.78 is 12.9. The third-order valence-corrected chi connectivity index (χ3v) is 5.32. The molecule has 0 aromatic heterocycles. The van der Waals surface area contributed by atoms with E-state index in [9.17, 15) is 0 Å². The van der Waals surface area contributed by atoms with Crippen molar-refractivity contribution in [3.05, 3.63) is 0 Å². The molecular formula is C14H25IO2. The zero-order chi connectivity index (χ0) is 12.3. The Morgan fingerprint density at radius 1 is 1.00 bits per heavy atom. The lowest BCUT2D eigenvalue weighted by molar-refractivity contribution is -0.121. The minimum atomic E-state index is 0.363. The Morgan fingerprint density at radius 3 is 2.35 bits per heavy atom. The van der Waals surface area contributed by atoms with Crippen LogP contribution >= 0.6 is 22.6 Å². The van der Waals surface area contributed by atoms with Crippen LogP contribution in [0.25, 0.3) is 0 Å². The highest BCUT2D eigenvalue weighted by atomic mass is 127. The molecule has 2 nitrogen and oxygen atoms in total. The van der Waals surface area contributed by atoms with Crippen LogP contribution in [0.3, 0.4) is 0 Å². The second-order valence-corrected chi connectivity index (χ2v) is 7.28. The molecule has 1 aliphatic carbocycles. The monoisotopic (exact) mass is 352 g/mol. The summed E-state index contributed by atoms with van der Waals surface area (Å²) in [6.45, 7) is 4.33. The molecular weight excluding hydrogens is 327 g/mol. The highest BCUT2D eigenvalue weighted by Crippen LogP contribution is 2.30. The molecule has 100 valence electrons. The van der Waals surface area contributed by atoms with Gasteiger partial charge in [-0.2, -0.15) is 0 Å². The average Bonchev–Trinajstić information content (AvgIpc) is 2.43. The first-order chi connectivity index (χ1) is 8.15. The zero-order valence-electron chi connectivity index (χ0n) is 11.0. The van der Waals surface area contributed by atoms with Crippen LogP contribution in [0, 0.1) is 0 Å². The number of hydrogen-bond acceptors (Lipinski definition) is 2. The van der Waals surface area contributed by atoms with E-state index < -0.39 is 0 Å². The van der Waals surface area contributed by atoms with Gasteiger partial charge in [0.05, 0.1) is 24.4 Å². The van der Waals surface area contributed by atoms with Gasteiger partial charge in [0.1, 0.15) is 0 Å². The quantitative estimate of drug-likeness (QED) is 0.423. The number of hydrogen-bond donors (Lipinski definition) is 0. The summed E-state index contributed by atoms with van der Waals surface area (Å²) in [6.07, 6.45) is 10.5. The van der Waals surface area contributed by atoms with Crippen molar-refractivity contribution in [1.82, 2.24) is 0 Å². The van der Waals surface area contributed by atoms with Gasteiger partial charge in [-0.25, -0.2) is 0 Å². The minimum Gasteiger partial charge on any atom is -0.375 e. The standard InChI is InChI=1S/C14H25IO2/c1-10-8-12(9-11(2)16-10)17-14-7-5-3-4-6-13(14)15/h10-14H,3-9H2,1-2H3. The predicted molar refractivity (Wildman–Crippen MR) is 78.8 cm³/mol. The number of ether oxygens (including phenoxy) is 2. The summed E-state index contributed by atoms with van der Waals surface area (Å²) in [4.78, 5) is 0. The molecule has 1 saturated carbocycles. The molecule has 0 bridgehead atoms. The Balaban J connectivity index is 1.85. The Hall–Kier alpha value is 0.650. The van der Waals surface area contributed by atoms with Gasteiger partial charge >= 0.3 is 0 Å². The van der Waals surface area contributed by atoms with Crippen molar-refractivity contribution in [2.45, 2.75) is 87.1 Å². The third-order valence-electron chi connectivity index (χ3n) is 3.89. The van der Waals surface area contributed by atoms with Gasteiger partial charge in [-0.15, -0.1) is 0 Å². The smallest absolute Gasteiger partial charge is 0.0696 e. The lowest BCUT2D eigenvalue weighted by atomic mass is 10.0. The molecule has 1 heterocycles. The first-order valence-corrected chi connectivity index (χ1v) is 8.34. The van der Waals surface area contributed by atoms with Gasteiger partial charge in [-0.3, -0.25) is 0 Å². The van der Waals surface area contributed by atoms with E-state index in [1.165, 1.54) is 32.1 Å². The van der Waals surface area contributed by atoms with Gasteiger partial charge in [-0.05, 0) is 39.5 Å². The first kappa shape index (κ1) is 14.1. The van der Waals surface area contributed by atoms with Gasteiger partial charge < -0.3 is 9.47 Å². The molecule has 4 unspecified atom stereocenters. The third kappa shape index (κ3) is 4.35. The Labute approximate surface area is 119 Å². The zero-order valence-corrected chi connectivity index (χ0v) is 13.2. The number of halogens is 1. The summed E-state index contributed by atoms with van der Waals surface area (Å²) >= 11 is 2.59. The predicted octanol–water partition coefficient (Wildman–Crippen LogP) is 4.10. The van der Waals surface area contributed by atoms with Crippen molar-refractivity contribution in [3.63, 3.8) is 0 Å². The van der Waals surface area contributed by atoms with Crippen LogP contribution in [0.4, 0.5) is 0 Å². The van der Waals surface area contributed by atoms with Crippen molar-refractivity contribution < 1.29 is 9.47 Å². The lowest BCUT2D eigenvalue weighted by Gasteiger charge is -2.35. The van der Waals surface area contributed by atoms with Crippen molar-refractivity contribution in [1.29, 1.82) is 0 Å². The normalized spacial score (nSPS) is 44.3. The molecule has 1 aliphatic heterocycles. The highest BCUT2D eigenvalue weighted by molar-refractivity contribution is 14.1. The van der Waals surface area contributed by atoms with Crippen LogP contribution in [0.1, 0.15) is 58.8 Å². The van der Waals surface area contributed by atoms with Crippen LogP contribution in [-0.4, -0.2) is 28.3 Å². The Kier molecular flexibility index (Phi) is 5.55. The summed E-state index contributed by atoms with van der Waals surface area (Å²) in [5.41, 5.74) is 0. The molecule has 0 aromatic carbocycles. The number of rotatable bonds is 2. The van der Waals surface area contributed by atoms with E-state index in [4.69, 9.17) is 9.47 Å². The fourth-order valence-corrected chi connectivity index (χ4v) is 4.05. The topological polar surface area (TPSA) is 18.5 Å². The molecule has 0 radical (unpaired) electrons. The second kappa shape index (κ2) is 6.71. The molecule has 0 spiro atoms. The van der Waals surface area contributed by atoms with Crippen molar-refractivity contribution in [3.8, 4) is 0 Å². The summed E-state index contributed by atoms with van der Waals surface area (Å²) in [7, 11) is 0. The van der Waals surface area contributed by atoms with E-state index in [1.807, 2.05) is 0 Å². The van der Waals surface area contributed by atoms with E-state index in [1.54, 1.807) is 0 Å². The molecule has 0 aromatic rings. The number of alkyl halides is 1. The molecule has 3 heteroatoms. The van der Waals surface area contributed by atoms with Gasteiger partial charge in [0.15, 0.2) is 0 Å². The molecule has 0 N–H and O–H groups in total. The second-order valence-electron chi connectivity index (χ2n) is 5.68. The molecule has 17 heavy (non-hydrogen) atoms. The maximum atomic E-state index is 6.38. The van der Waals surface area contributed by atoms with E-state index in [2.05, 4.69) is 36.4 Å². The minimum absolute atomic E-state index is 0.363. The summed E-state index contributed by atoms with van der Waals surface area (Å²) in [5, 5.41) is 0. The van der Waals surface area contributed by atoms with Crippen LogP contribution < -0.4 is 0 Å². The molecule has 1 saturated heterocycles. The molecule has 2 fully saturated rings. The molecule has 4 atom stereocenters. The Morgan fingerprint density at radius 2 is 1.65 bits per heavy atom. The Bertz CT molecular complexity index is 224. The van der Waals surface area contributed by atoms with Crippen molar-refractivity contribution >= 4 is 22.6 Å². The van der Waals surface area contributed by atoms with Gasteiger partial charge in [0.25, 0.3) is 0 Å². The molecule has 0 amide bonds. The van der Waals surface area contributed by atoms with Crippen LogP contribution in [0.5, 0.6) is 0 Å². The van der Waals surface area contributed by atoms with E-state index in [0.29, 0.717) is 28.3 Å². The van der Waals surface area contributed by atoms with Gasteiger partial charge in [0.2, 0.25) is 0 Å². The van der Waals surface area contributed by atoms with Gasteiger partial charge in [-0.1, -0.05) is 41.9 Å². The average molecular weight is 352 g/mol. The fraction of sp³-hybridized carbons (Fsp3) is 1.00. The van der Waals surface area contributed by atoms with Crippen molar-refractivity contribution in [2.75, 3.05) is 0 Å². The van der Waals surface area contributed by atoms with E-state index in [0.717, 1.165) is 12.8 Å². The largest absolute Gasteiger partial charge is 0.375 e. The fourth-order valence-electron chi connectivity index (χ4n) is 3.08. The summed E-state index contributed by atoms with van der Waals surface area (Å²) in [5.74, 6) is 0. The summed E-state index contributed by atoms with van der Waals surface area (Å²) in [6, 6.07) is 0. The molecule has 2 aliphatic rings. The van der Waals surface area contributed by atoms with Crippen LogP contribution in [-0.2, 0) is 9.47 Å². The van der Waals surface area contributed by atoms with Crippen LogP contribution in [0.15, 0.2) is 0 Å². The van der Waals surface area contributed by atoms with Crippen molar-refractivity contribution in [2.24, 2.45) is 0 Å². The maximum absolute atomic E-state index is 6.38. The first-order valence-electron chi connectivity index (χ1n) is 7.10. The SMILES string of the molecule is CC1CC(OC2CCCCCC2I)CC(C)O1. The van der Waals surface area contributed by atoms with E-state index >= 15 is 0 Å². The van der Waals surface area contributed by atoms with E-state index in [-0.39, 0.29) is 0 Å². The lowest BCUT2D eigenvalue weighted by Crippen LogP contribution is -2.38. The highest BCUT2D eigenvalue weighted by Gasteiger charge is 2.30. The maximum Gasteiger partial charge on any atom is 0.0696 e.